The Balaban J connectivity index is 0.00000288. The van der Waals surface area contributed by atoms with E-state index >= 15 is 0 Å². The number of hydrogen-bond acceptors (Lipinski definition) is 3. The number of amides is 1. The fourth-order valence-electron chi connectivity index (χ4n) is 1.99. The minimum Gasteiger partial charge on any atom is -0.489 e. The fraction of sp³-hybridized carbons (Fsp3) is 0.316. The summed E-state index contributed by atoms with van der Waals surface area (Å²) < 4.78 is 5.72. The molecular weight excluding hydrogens is 324 g/mol. The summed E-state index contributed by atoms with van der Waals surface area (Å²) in [6.07, 6.45) is 0. The van der Waals surface area contributed by atoms with Crippen LogP contribution in [-0.4, -0.2) is 11.9 Å². The van der Waals surface area contributed by atoms with E-state index in [1.165, 1.54) is 0 Å². The second-order valence-electron chi connectivity index (χ2n) is 6.63. The highest BCUT2D eigenvalue weighted by molar-refractivity contribution is 5.95. The molecule has 0 saturated carbocycles. The highest BCUT2D eigenvalue weighted by Crippen LogP contribution is 2.20. The molecule has 5 heteroatoms. The molecule has 24 heavy (non-hydrogen) atoms. The predicted octanol–water partition coefficient (Wildman–Crippen LogP) is 4.00. The van der Waals surface area contributed by atoms with Gasteiger partial charge >= 0.3 is 0 Å². The van der Waals surface area contributed by atoms with Gasteiger partial charge in [0.05, 0.1) is 6.04 Å². The average molecular weight is 349 g/mol. The van der Waals surface area contributed by atoms with Gasteiger partial charge in [0, 0.05) is 5.69 Å². The number of nitrogens with one attached hydrogen (secondary N) is 1. The molecule has 0 saturated heterocycles. The van der Waals surface area contributed by atoms with E-state index < -0.39 is 6.04 Å². The fourth-order valence-corrected chi connectivity index (χ4v) is 1.99. The van der Waals surface area contributed by atoms with Gasteiger partial charge in [0.1, 0.15) is 12.4 Å². The van der Waals surface area contributed by atoms with E-state index in [1.54, 1.807) is 0 Å². The lowest BCUT2D eigenvalue weighted by molar-refractivity contribution is -0.119. The summed E-state index contributed by atoms with van der Waals surface area (Å²) in [5, 5.41) is 2.83. The number of halogens is 1. The number of ether oxygens (including phenoxy) is 1. The van der Waals surface area contributed by atoms with Gasteiger partial charge in [-0.05, 0) is 35.2 Å². The zero-order valence-electron chi connectivity index (χ0n) is 14.3. The lowest BCUT2D eigenvalue weighted by Crippen LogP contribution is -2.45. The molecule has 0 aliphatic heterocycles. The molecule has 0 fully saturated rings. The van der Waals surface area contributed by atoms with Crippen molar-refractivity contribution in [2.45, 2.75) is 33.4 Å². The molecule has 0 radical (unpaired) electrons. The number of benzene rings is 2. The van der Waals surface area contributed by atoms with Gasteiger partial charge in [-0.2, -0.15) is 0 Å². The van der Waals surface area contributed by atoms with Gasteiger partial charge in [-0.3, -0.25) is 4.79 Å². The Labute approximate surface area is 149 Å². The number of carbonyl (C=O) groups excluding carboxylic acids is 1. The lowest BCUT2D eigenvalue weighted by Gasteiger charge is -2.25. The summed E-state index contributed by atoms with van der Waals surface area (Å²) in [4.78, 5) is 12.1. The highest BCUT2D eigenvalue weighted by Gasteiger charge is 2.27. The van der Waals surface area contributed by atoms with Crippen molar-refractivity contribution in [3.05, 3.63) is 60.2 Å². The molecule has 2 aromatic carbocycles. The monoisotopic (exact) mass is 348 g/mol. The quantitative estimate of drug-likeness (QED) is 0.858. The average Bonchev–Trinajstić information content (AvgIpc) is 2.53. The Morgan fingerprint density at radius 1 is 1.08 bits per heavy atom. The number of anilines is 1. The number of rotatable bonds is 5. The zero-order chi connectivity index (χ0) is 16.9. The lowest BCUT2D eigenvalue weighted by atomic mass is 9.87. The van der Waals surface area contributed by atoms with Crippen LogP contribution in [0.2, 0.25) is 0 Å². The van der Waals surface area contributed by atoms with Crippen LogP contribution in [0.4, 0.5) is 5.69 Å². The maximum atomic E-state index is 12.1. The number of nitrogens with two attached hydrogens (primary N) is 1. The van der Waals surface area contributed by atoms with Crippen LogP contribution in [0.1, 0.15) is 26.3 Å². The van der Waals surface area contributed by atoms with E-state index in [-0.39, 0.29) is 23.7 Å². The first-order valence-electron chi connectivity index (χ1n) is 7.69. The first-order valence-corrected chi connectivity index (χ1v) is 7.69. The summed E-state index contributed by atoms with van der Waals surface area (Å²) in [6, 6.07) is 16.7. The minimum atomic E-state index is -0.559. The van der Waals surface area contributed by atoms with Crippen molar-refractivity contribution in [2.24, 2.45) is 11.1 Å². The summed E-state index contributed by atoms with van der Waals surface area (Å²) in [6.45, 7) is 6.34. The van der Waals surface area contributed by atoms with Crippen molar-refractivity contribution in [1.29, 1.82) is 0 Å². The smallest absolute Gasteiger partial charge is 0.241 e. The van der Waals surface area contributed by atoms with Crippen LogP contribution in [0.3, 0.4) is 0 Å². The van der Waals surface area contributed by atoms with Crippen molar-refractivity contribution < 1.29 is 9.53 Å². The Hall–Kier alpha value is -2.04. The molecule has 2 aromatic rings. The summed E-state index contributed by atoms with van der Waals surface area (Å²) in [7, 11) is 0. The number of carbonyl (C=O) groups is 1. The van der Waals surface area contributed by atoms with Gasteiger partial charge in [-0.1, -0.05) is 51.1 Å². The third-order valence-corrected chi connectivity index (χ3v) is 3.59. The van der Waals surface area contributed by atoms with E-state index in [0.717, 1.165) is 11.3 Å². The number of hydrogen-bond donors (Lipinski definition) is 2. The molecule has 1 atom stereocenters. The van der Waals surface area contributed by atoms with Gasteiger partial charge in [-0.25, -0.2) is 0 Å². The standard InChI is InChI=1S/C19H24N2O2.ClH/c1-19(2,3)17(20)18(22)21-15-9-11-16(12-10-15)23-13-14-7-5-4-6-8-14;/h4-12,17H,13,20H2,1-3H3,(H,21,22);1H/t17-;/m1./s1. The van der Waals surface area contributed by atoms with Gasteiger partial charge in [0.15, 0.2) is 0 Å². The third kappa shape index (κ3) is 5.87. The molecule has 1 amide bonds. The summed E-state index contributed by atoms with van der Waals surface area (Å²) >= 11 is 0. The van der Waals surface area contributed by atoms with E-state index in [4.69, 9.17) is 10.5 Å². The summed E-state index contributed by atoms with van der Waals surface area (Å²) in [5.41, 5.74) is 7.49. The summed E-state index contributed by atoms with van der Waals surface area (Å²) in [5.74, 6) is 0.572. The van der Waals surface area contributed by atoms with Crippen molar-refractivity contribution in [1.82, 2.24) is 0 Å². The van der Waals surface area contributed by atoms with E-state index in [1.807, 2.05) is 75.4 Å². The van der Waals surface area contributed by atoms with Crippen LogP contribution in [0.5, 0.6) is 5.75 Å². The first-order chi connectivity index (χ1) is 10.9. The van der Waals surface area contributed by atoms with Crippen LogP contribution in [0.25, 0.3) is 0 Å². The zero-order valence-corrected chi connectivity index (χ0v) is 15.1. The SMILES string of the molecule is CC(C)(C)[C@H](N)C(=O)Nc1ccc(OCc2ccccc2)cc1.Cl. The molecule has 0 spiro atoms. The van der Waals surface area contributed by atoms with Crippen LogP contribution < -0.4 is 15.8 Å². The largest absolute Gasteiger partial charge is 0.489 e. The molecule has 130 valence electrons. The molecule has 0 unspecified atom stereocenters. The molecule has 0 aromatic heterocycles. The van der Waals surface area contributed by atoms with Crippen LogP contribution in [0, 0.1) is 5.41 Å². The Kier molecular flexibility index (Phi) is 7.26. The van der Waals surface area contributed by atoms with E-state index in [2.05, 4.69) is 5.32 Å². The first kappa shape index (κ1) is 20.0. The van der Waals surface area contributed by atoms with Crippen LogP contribution >= 0.6 is 12.4 Å². The van der Waals surface area contributed by atoms with E-state index in [9.17, 15) is 4.79 Å². The van der Waals surface area contributed by atoms with Crippen molar-refractivity contribution in [3.63, 3.8) is 0 Å². The molecule has 0 aliphatic rings. The maximum absolute atomic E-state index is 12.1. The minimum absolute atomic E-state index is 0. The predicted molar refractivity (Wildman–Crippen MR) is 101 cm³/mol. The van der Waals surface area contributed by atoms with Crippen molar-refractivity contribution in [3.8, 4) is 5.75 Å². The molecule has 0 aliphatic carbocycles. The van der Waals surface area contributed by atoms with Gasteiger partial charge in [0.2, 0.25) is 5.91 Å². The van der Waals surface area contributed by atoms with Gasteiger partial charge in [0.25, 0.3) is 0 Å². The molecule has 0 heterocycles. The van der Waals surface area contributed by atoms with Gasteiger partial charge in [-0.15, -0.1) is 12.4 Å². The van der Waals surface area contributed by atoms with Crippen molar-refractivity contribution >= 4 is 24.0 Å². The van der Waals surface area contributed by atoms with Crippen LogP contribution in [0.15, 0.2) is 54.6 Å². The Morgan fingerprint density at radius 2 is 1.67 bits per heavy atom. The van der Waals surface area contributed by atoms with Gasteiger partial charge < -0.3 is 15.8 Å². The second kappa shape index (κ2) is 8.71. The second-order valence-corrected chi connectivity index (χ2v) is 6.63. The Morgan fingerprint density at radius 3 is 2.21 bits per heavy atom. The van der Waals surface area contributed by atoms with E-state index in [0.29, 0.717) is 12.3 Å². The molecule has 2 rings (SSSR count). The molecule has 3 N–H and O–H groups in total. The van der Waals surface area contributed by atoms with Crippen molar-refractivity contribution in [2.75, 3.05) is 5.32 Å². The Bertz CT molecular complexity index is 637. The molecule has 4 nitrogen and oxygen atoms in total. The molecular formula is C19H25ClN2O2. The van der Waals surface area contributed by atoms with Crippen LogP contribution in [-0.2, 0) is 11.4 Å². The normalized spacial score (nSPS) is 12.0. The highest BCUT2D eigenvalue weighted by atomic mass is 35.5. The topological polar surface area (TPSA) is 64.4 Å². The third-order valence-electron chi connectivity index (χ3n) is 3.59. The molecule has 0 bridgehead atoms. The maximum Gasteiger partial charge on any atom is 0.241 e.